The molecular formula is C10H14N2O2. The molecule has 0 aliphatic rings. The summed E-state index contributed by atoms with van der Waals surface area (Å²) in [5.41, 5.74) is 3.68. The van der Waals surface area contributed by atoms with Crippen LogP contribution in [0.3, 0.4) is 0 Å². The molecule has 1 aromatic rings. The molecule has 2 N–H and O–H groups in total. The second-order valence-electron chi connectivity index (χ2n) is 2.66. The van der Waals surface area contributed by atoms with Crippen molar-refractivity contribution in [2.24, 2.45) is 5.10 Å². The van der Waals surface area contributed by atoms with Crippen LogP contribution >= 0.6 is 0 Å². The molecule has 0 aliphatic carbocycles. The van der Waals surface area contributed by atoms with E-state index >= 15 is 0 Å². The molecular weight excluding hydrogens is 180 g/mol. The highest BCUT2D eigenvalue weighted by Crippen LogP contribution is 2.09. The second kappa shape index (κ2) is 5.99. The van der Waals surface area contributed by atoms with E-state index in [0.717, 1.165) is 11.3 Å². The van der Waals surface area contributed by atoms with Crippen LogP contribution in [0.25, 0.3) is 0 Å². The summed E-state index contributed by atoms with van der Waals surface area (Å²) in [6, 6.07) is 7.55. The standard InChI is InChI=1S/C10H14N2O2/c1-14-10-4-2-9(3-5-10)8-12-11-6-7-13/h2-5,8,11,13H,6-7H2,1H3/b12-8-. The molecule has 0 spiro atoms. The predicted molar refractivity (Wildman–Crippen MR) is 55.7 cm³/mol. The lowest BCUT2D eigenvalue weighted by Crippen LogP contribution is -2.11. The lowest BCUT2D eigenvalue weighted by molar-refractivity contribution is 0.294. The third kappa shape index (κ3) is 3.45. The molecule has 4 nitrogen and oxygen atoms in total. The van der Waals surface area contributed by atoms with Crippen LogP contribution in [0.1, 0.15) is 5.56 Å². The summed E-state index contributed by atoms with van der Waals surface area (Å²) in [4.78, 5) is 0. The van der Waals surface area contributed by atoms with Gasteiger partial charge in [0, 0.05) is 0 Å². The monoisotopic (exact) mass is 194 g/mol. The Morgan fingerprint density at radius 1 is 1.43 bits per heavy atom. The minimum Gasteiger partial charge on any atom is -0.497 e. The fourth-order valence-corrected chi connectivity index (χ4v) is 0.925. The Balaban J connectivity index is 2.47. The molecule has 0 atom stereocenters. The Morgan fingerprint density at radius 3 is 2.71 bits per heavy atom. The van der Waals surface area contributed by atoms with Gasteiger partial charge in [-0.15, -0.1) is 0 Å². The first-order valence-corrected chi connectivity index (χ1v) is 4.37. The van der Waals surface area contributed by atoms with Crippen molar-refractivity contribution < 1.29 is 9.84 Å². The highest BCUT2D eigenvalue weighted by molar-refractivity contribution is 5.79. The molecule has 0 heterocycles. The largest absolute Gasteiger partial charge is 0.497 e. The van der Waals surface area contributed by atoms with Gasteiger partial charge in [-0.25, -0.2) is 0 Å². The van der Waals surface area contributed by atoms with E-state index in [4.69, 9.17) is 9.84 Å². The number of nitrogens with one attached hydrogen (secondary N) is 1. The van der Waals surface area contributed by atoms with Crippen molar-refractivity contribution in [1.82, 2.24) is 5.43 Å². The van der Waals surface area contributed by atoms with Crippen molar-refractivity contribution in [3.05, 3.63) is 29.8 Å². The Hall–Kier alpha value is -1.55. The van der Waals surface area contributed by atoms with E-state index in [1.807, 2.05) is 24.3 Å². The lowest BCUT2D eigenvalue weighted by Gasteiger charge is -1.99. The smallest absolute Gasteiger partial charge is 0.118 e. The summed E-state index contributed by atoms with van der Waals surface area (Å²) in [5.74, 6) is 0.825. The highest BCUT2D eigenvalue weighted by Gasteiger charge is 1.89. The number of ether oxygens (including phenoxy) is 1. The number of hydrazone groups is 1. The molecule has 0 radical (unpaired) electrons. The van der Waals surface area contributed by atoms with Gasteiger partial charge in [-0.2, -0.15) is 5.10 Å². The lowest BCUT2D eigenvalue weighted by atomic mass is 10.2. The van der Waals surface area contributed by atoms with Crippen LogP contribution in [0.4, 0.5) is 0 Å². The number of hydrogen-bond donors (Lipinski definition) is 2. The molecule has 0 bridgehead atoms. The zero-order valence-corrected chi connectivity index (χ0v) is 8.10. The van der Waals surface area contributed by atoms with Crippen molar-refractivity contribution in [2.75, 3.05) is 20.3 Å². The SMILES string of the molecule is COc1ccc(/C=N\NCCO)cc1. The maximum Gasteiger partial charge on any atom is 0.118 e. The van der Waals surface area contributed by atoms with Gasteiger partial charge in [0.1, 0.15) is 5.75 Å². The summed E-state index contributed by atoms with van der Waals surface area (Å²) in [5, 5.41) is 12.4. The Bertz CT molecular complexity index is 283. The first-order chi connectivity index (χ1) is 6.86. The molecule has 0 aliphatic heterocycles. The zero-order chi connectivity index (χ0) is 10.2. The Labute approximate surface area is 83.2 Å². The van der Waals surface area contributed by atoms with E-state index in [9.17, 15) is 0 Å². The number of methoxy groups -OCH3 is 1. The van der Waals surface area contributed by atoms with Crippen LogP contribution in [0.15, 0.2) is 29.4 Å². The Morgan fingerprint density at radius 2 is 2.14 bits per heavy atom. The van der Waals surface area contributed by atoms with E-state index in [-0.39, 0.29) is 6.61 Å². The molecule has 0 aromatic heterocycles. The van der Waals surface area contributed by atoms with Gasteiger partial charge >= 0.3 is 0 Å². The molecule has 0 saturated carbocycles. The summed E-state index contributed by atoms with van der Waals surface area (Å²) in [6.45, 7) is 0.548. The average molecular weight is 194 g/mol. The topological polar surface area (TPSA) is 53.8 Å². The minimum absolute atomic E-state index is 0.0833. The zero-order valence-electron chi connectivity index (χ0n) is 8.10. The van der Waals surface area contributed by atoms with Crippen LogP contribution < -0.4 is 10.2 Å². The van der Waals surface area contributed by atoms with E-state index in [1.54, 1.807) is 13.3 Å². The molecule has 0 fully saturated rings. The Kier molecular flexibility index (Phi) is 4.50. The van der Waals surface area contributed by atoms with Crippen LogP contribution in [0.2, 0.25) is 0 Å². The molecule has 1 rings (SSSR count). The number of benzene rings is 1. The summed E-state index contributed by atoms with van der Waals surface area (Å²) >= 11 is 0. The normalized spacial score (nSPS) is 10.4. The number of aliphatic hydroxyl groups is 1. The van der Waals surface area contributed by atoms with Gasteiger partial charge in [0.2, 0.25) is 0 Å². The second-order valence-corrected chi connectivity index (χ2v) is 2.66. The fraction of sp³-hybridized carbons (Fsp3) is 0.300. The van der Waals surface area contributed by atoms with E-state index < -0.39 is 0 Å². The first kappa shape index (κ1) is 10.5. The van der Waals surface area contributed by atoms with Crippen LogP contribution in [0.5, 0.6) is 5.75 Å². The predicted octanol–water partition coefficient (Wildman–Crippen LogP) is 0.611. The number of aliphatic hydroxyl groups excluding tert-OH is 1. The van der Waals surface area contributed by atoms with Gasteiger partial charge in [0.25, 0.3) is 0 Å². The maximum absolute atomic E-state index is 8.48. The molecule has 0 unspecified atom stereocenters. The van der Waals surface area contributed by atoms with Crippen molar-refractivity contribution in [3.8, 4) is 5.75 Å². The summed E-state index contributed by atoms with van der Waals surface area (Å²) < 4.78 is 5.02. The molecule has 4 heteroatoms. The van der Waals surface area contributed by atoms with Gasteiger partial charge in [-0.1, -0.05) is 0 Å². The van der Waals surface area contributed by atoms with Gasteiger partial charge in [-0.3, -0.25) is 0 Å². The van der Waals surface area contributed by atoms with Crippen LogP contribution in [0, 0.1) is 0 Å². The summed E-state index contributed by atoms with van der Waals surface area (Å²) in [6.07, 6.45) is 1.69. The van der Waals surface area contributed by atoms with Crippen molar-refractivity contribution >= 4 is 6.21 Å². The minimum atomic E-state index is 0.0833. The van der Waals surface area contributed by atoms with Gasteiger partial charge in [0.15, 0.2) is 0 Å². The van der Waals surface area contributed by atoms with Gasteiger partial charge in [-0.05, 0) is 29.8 Å². The third-order valence-electron chi connectivity index (χ3n) is 1.64. The number of rotatable bonds is 5. The highest BCUT2D eigenvalue weighted by atomic mass is 16.5. The van der Waals surface area contributed by atoms with Crippen molar-refractivity contribution in [1.29, 1.82) is 0 Å². The van der Waals surface area contributed by atoms with Crippen molar-refractivity contribution in [3.63, 3.8) is 0 Å². The molecule has 0 saturated heterocycles. The quantitative estimate of drug-likeness (QED) is 0.410. The third-order valence-corrected chi connectivity index (χ3v) is 1.64. The van der Waals surface area contributed by atoms with Gasteiger partial charge < -0.3 is 15.3 Å². The summed E-state index contributed by atoms with van der Waals surface area (Å²) in [7, 11) is 1.63. The van der Waals surface area contributed by atoms with Gasteiger partial charge in [0.05, 0.1) is 26.5 Å². The van der Waals surface area contributed by atoms with Crippen LogP contribution in [-0.2, 0) is 0 Å². The average Bonchev–Trinajstić information content (AvgIpc) is 2.25. The van der Waals surface area contributed by atoms with Crippen molar-refractivity contribution in [2.45, 2.75) is 0 Å². The van der Waals surface area contributed by atoms with Crippen LogP contribution in [-0.4, -0.2) is 31.6 Å². The molecule has 0 amide bonds. The molecule has 76 valence electrons. The molecule has 1 aromatic carbocycles. The maximum atomic E-state index is 8.48. The van der Waals surface area contributed by atoms with E-state index in [2.05, 4.69) is 10.5 Å². The number of nitrogens with zero attached hydrogens (tertiary/aromatic N) is 1. The van der Waals surface area contributed by atoms with E-state index in [0.29, 0.717) is 6.54 Å². The fourth-order valence-electron chi connectivity index (χ4n) is 0.925. The van der Waals surface area contributed by atoms with E-state index in [1.165, 1.54) is 0 Å². The number of hydrogen-bond acceptors (Lipinski definition) is 4. The molecule has 14 heavy (non-hydrogen) atoms. The first-order valence-electron chi connectivity index (χ1n) is 4.37.